The molecule has 5 rings (SSSR count). The highest BCUT2D eigenvalue weighted by Crippen LogP contribution is 2.34. The van der Waals surface area contributed by atoms with Crippen molar-refractivity contribution < 1.29 is 22.4 Å². The van der Waals surface area contributed by atoms with Gasteiger partial charge in [-0.2, -0.15) is 0 Å². The summed E-state index contributed by atoms with van der Waals surface area (Å²) in [7, 11) is 0. The number of carbonyl (C=O) groups excluding carboxylic acids is 1. The highest BCUT2D eigenvalue weighted by Gasteiger charge is 2.20. The summed E-state index contributed by atoms with van der Waals surface area (Å²) >= 11 is 12.4. The van der Waals surface area contributed by atoms with Crippen molar-refractivity contribution in [3.05, 3.63) is 98.9 Å². The molecule has 0 aliphatic carbocycles. The molecular weight excluding hydrogens is 516 g/mol. The zero-order valence-electron chi connectivity index (χ0n) is 18.5. The van der Waals surface area contributed by atoms with Crippen molar-refractivity contribution in [1.29, 1.82) is 0 Å². The van der Waals surface area contributed by atoms with Gasteiger partial charge in [0.2, 0.25) is 0 Å². The number of benzene rings is 3. The molecule has 0 unspecified atom stereocenters. The van der Waals surface area contributed by atoms with E-state index in [9.17, 15) is 18.0 Å². The number of nitrogens with zero attached hydrogens (tertiary/aromatic N) is 3. The van der Waals surface area contributed by atoms with Crippen LogP contribution in [0.15, 0.2) is 59.1 Å². The van der Waals surface area contributed by atoms with Gasteiger partial charge in [0.05, 0.1) is 11.1 Å². The smallest absolute Gasteiger partial charge is 0.322 e. The van der Waals surface area contributed by atoms with Crippen LogP contribution in [-0.4, -0.2) is 20.7 Å². The van der Waals surface area contributed by atoms with E-state index in [0.29, 0.717) is 33.1 Å². The van der Waals surface area contributed by atoms with Crippen LogP contribution in [0.2, 0.25) is 10.0 Å². The standard InChI is InChI=1S/C25H15Cl2F3N4O2/c1-12-10-34(11-14-2-4-15(26)7-19(14)27)22-17(12)8-16(28)9-18(22)24-32-33-25(36-24)31-23(35)13-3-5-20(29)21(30)6-13/h2-10H,11H2,1H3,(H,31,33,35). The van der Waals surface area contributed by atoms with E-state index in [-0.39, 0.29) is 17.5 Å². The highest BCUT2D eigenvalue weighted by atomic mass is 35.5. The van der Waals surface area contributed by atoms with Gasteiger partial charge in [0, 0.05) is 33.7 Å². The molecule has 1 amide bonds. The topological polar surface area (TPSA) is 73.0 Å². The van der Waals surface area contributed by atoms with Crippen LogP contribution in [0.4, 0.5) is 19.2 Å². The van der Waals surface area contributed by atoms with Crippen molar-refractivity contribution in [2.24, 2.45) is 0 Å². The highest BCUT2D eigenvalue weighted by molar-refractivity contribution is 6.35. The third kappa shape index (κ3) is 4.55. The summed E-state index contributed by atoms with van der Waals surface area (Å²) < 4.78 is 48.6. The van der Waals surface area contributed by atoms with Crippen molar-refractivity contribution in [2.75, 3.05) is 5.32 Å². The molecule has 0 saturated carbocycles. The van der Waals surface area contributed by atoms with Gasteiger partial charge in [0.15, 0.2) is 11.6 Å². The number of halogens is 5. The van der Waals surface area contributed by atoms with E-state index in [0.717, 1.165) is 29.3 Å². The van der Waals surface area contributed by atoms with Crippen LogP contribution in [-0.2, 0) is 6.54 Å². The first-order chi connectivity index (χ1) is 17.2. The molecule has 0 aliphatic heterocycles. The molecule has 0 bridgehead atoms. The van der Waals surface area contributed by atoms with Gasteiger partial charge in [-0.15, -0.1) is 5.10 Å². The second-order valence-corrected chi connectivity index (χ2v) is 8.86. The predicted molar refractivity (Wildman–Crippen MR) is 130 cm³/mol. The summed E-state index contributed by atoms with van der Waals surface area (Å²) in [5, 5.41) is 11.7. The SMILES string of the molecule is Cc1cn(Cc2ccc(Cl)cc2Cl)c2c(-c3nnc(NC(=O)c4ccc(F)c(F)c4)o3)cc(F)cc12. The van der Waals surface area contributed by atoms with Crippen molar-refractivity contribution in [3.63, 3.8) is 0 Å². The van der Waals surface area contributed by atoms with E-state index in [4.69, 9.17) is 27.6 Å². The van der Waals surface area contributed by atoms with Gasteiger partial charge in [-0.25, -0.2) is 13.2 Å². The molecule has 11 heteroatoms. The molecule has 6 nitrogen and oxygen atoms in total. The predicted octanol–water partition coefficient (Wildman–Crippen LogP) is 7.02. The van der Waals surface area contributed by atoms with Crippen molar-refractivity contribution in [2.45, 2.75) is 13.5 Å². The number of fused-ring (bicyclic) bond motifs is 1. The maximum absolute atomic E-state index is 14.5. The summed E-state index contributed by atoms with van der Waals surface area (Å²) in [6.45, 7) is 2.19. The molecule has 0 atom stereocenters. The first-order valence-electron chi connectivity index (χ1n) is 10.5. The number of anilines is 1. The fraction of sp³-hybridized carbons (Fsp3) is 0.0800. The molecule has 2 aromatic heterocycles. The number of carbonyl (C=O) groups is 1. The number of amides is 1. The molecule has 182 valence electrons. The van der Waals surface area contributed by atoms with Gasteiger partial charge in [-0.1, -0.05) is 34.4 Å². The quantitative estimate of drug-likeness (QED) is 0.265. The molecular formula is C25H15Cl2F3N4O2. The monoisotopic (exact) mass is 530 g/mol. The lowest BCUT2D eigenvalue weighted by molar-refractivity contribution is 0.102. The third-order valence-electron chi connectivity index (χ3n) is 5.55. The Morgan fingerprint density at radius 2 is 1.83 bits per heavy atom. The van der Waals surface area contributed by atoms with E-state index in [1.54, 1.807) is 18.2 Å². The maximum atomic E-state index is 14.5. The van der Waals surface area contributed by atoms with E-state index in [1.807, 2.05) is 17.7 Å². The molecule has 0 radical (unpaired) electrons. The Bertz CT molecular complexity index is 1650. The Morgan fingerprint density at radius 3 is 2.58 bits per heavy atom. The Morgan fingerprint density at radius 1 is 1.03 bits per heavy atom. The Balaban J connectivity index is 1.52. The fourth-order valence-corrected chi connectivity index (χ4v) is 4.36. The minimum absolute atomic E-state index is 0.0540. The maximum Gasteiger partial charge on any atom is 0.322 e. The third-order valence-corrected chi connectivity index (χ3v) is 6.14. The number of aryl methyl sites for hydroxylation is 1. The molecule has 0 spiro atoms. The average molecular weight is 531 g/mol. The van der Waals surface area contributed by atoms with Crippen molar-refractivity contribution >= 4 is 46.0 Å². The van der Waals surface area contributed by atoms with Crippen LogP contribution in [0.3, 0.4) is 0 Å². The zero-order valence-corrected chi connectivity index (χ0v) is 20.0. The number of hydrogen-bond acceptors (Lipinski definition) is 4. The van der Waals surface area contributed by atoms with Crippen LogP contribution in [0, 0.1) is 24.4 Å². The van der Waals surface area contributed by atoms with Gasteiger partial charge in [0.1, 0.15) is 5.82 Å². The fourth-order valence-electron chi connectivity index (χ4n) is 3.89. The Kier molecular flexibility index (Phi) is 6.19. The number of aromatic nitrogens is 3. The number of hydrogen-bond donors (Lipinski definition) is 1. The van der Waals surface area contributed by atoms with Gasteiger partial charge in [-0.05, 0) is 60.5 Å². The lowest BCUT2D eigenvalue weighted by Crippen LogP contribution is -2.12. The van der Waals surface area contributed by atoms with E-state index in [1.165, 1.54) is 12.1 Å². The summed E-state index contributed by atoms with van der Waals surface area (Å²) in [4.78, 5) is 12.4. The molecule has 0 fully saturated rings. The van der Waals surface area contributed by atoms with Gasteiger partial charge >= 0.3 is 6.01 Å². The minimum Gasteiger partial charge on any atom is -0.403 e. The minimum atomic E-state index is -1.17. The molecule has 5 aromatic rings. The molecule has 36 heavy (non-hydrogen) atoms. The first kappa shape index (κ1) is 23.9. The van der Waals surface area contributed by atoms with E-state index >= 15 is 0 Å². The first-order valence-corrected chi connectivity index (χ1v) is 11.3. The molecule has 0 saturated heterocycles. The lowest BCUT2D eigenvalue weighted by Gasteiger charge is -2.10. The van der Waals surface area contributed by atoms with Crippen LogP contribution in [0.1, 0.15) is 21.5 Å². The zero-order chi connectivity index (χ0) is 25.6. The van der Waals surface area contributed by atoms with Gasteiger partial charge < -0.3 is 8.98 Å². The van der Waals surface area contributed by atoms with E-state index in [2.05, 4.69) is 15.5 Å². The lowest BCUT2D eigenvalue weighted by atomic mass is 10.1. The second kappa shape index (κ2) is 9.33. The largest absolute Gasteiger partial charge is 0.403 e. The molecule has 0 aliphatic rings. The van der Waals surface area contributed by atoms with E-state index < -0.39 is 23.4 Å². The molecule has 2 heterocycles. The summed E-state index contributed by atoms with van der Waals surface area (Å²) in [5.41, 5.74) is 2.36. The number of nitrogens with one attached hydrogen (secondary N) is 1. The normalized spacial score (nSPS) is 11.3. The Hall–Kier alpha value is -3.82. The van der Waals surface area contributed by atoms with Crippen LogP contribution in [0.25, 0.3) is 22.4 Å². The Labute approximate surface area is 212 Å². The molecule has 1 N–H and O–H groups in total. The van der Waals surface area contributed by atoms with Crippen LogP contribution >= 0.6 is 23.2 Å². The van der Waals surface area contributed by atoms with Crippen molar-refractivity contribution in [1.82, 2.24) is 14.8 Å². The van der Waals surface area contributed by atoms with Crippen molar-refractivity contribution in [3.8, 4) is 11.5 Å². The average Bonchev–Trinajstić information content (AvgIpc) is 3.41. The summed E-state index contributed by atoms with van der Waals surface area (Å²) in [5.74, 6) is -3.62. The van der Waals surface area contributed by atoms with Gasteiger partial charge in [0.25, 0.3) is 11.8 Å². The van der Waals surface area contributed by atoms with Gasteiger partial charge in [-0.3, -0.25) is 10.1 Å². The second-order valence-electron chi connectivity index (χ2n) is 8.02. The molecule has 3 aromatic carbocycles. The van der Waals surface area contributed by atoms with Crippen LogP contribution in [0.5, 0.6) is 0 Å². The summed E-state index contributed by atoms with van der Waals surface area (Å²) in [6.07, 6.45) is 1.85. The van der Waals surface area contributed by atoms with Crippen LogP contribution < -0.4 is 5.32 Å². The number of rotatable bonds is 5. The summed E-state index contributed by atoms with van der Waals surface area (Å²) in [6, 6.07) is 10.2.